The Morgan fingerprint density at radius 2 is 1.42 bits per heavy atom. The fraction of sp³-hybridized carbons (Fsp3) is 0.217. The topological polar surface area (TPSA) is 37.2 Å². The highest BCUT2D eigenvalue weighted by Crippen LogP contribution is 2.28. The SMILES string of the molecule is CCc1ccccc1NC[C@H](O)Cn1c2ccccc2c2ccccc21. The van der Waals surface area contributed by atoms with Gasteiger partial charge in [-0.1, -0.05) is 61.5 Å². The van der Waals surface area contributed by atoms with Crippen molar-refractivity contribution in [3.05, 3.63) is 78.4 Å². The van der Waals surface area contributed by atoms with Gasteiger partial charge in [0.1, 0.15) is 0 Å². The number of para-hydroxylation sites is 3. The molecule has 26 heavy (non-hydrogen) atoms. The van der Waals surface area contributed by atoms with Gasteiger partial charge in [0.05, 0.1) is 12.6 Å². The number of hydrogen-bond acceptors (Lipinski definition) is 2. The Morgan fingerprint density at radius 1 is 0.846 bits per heavy atom. The maximum Gasteiger partial charge on any atom is 0.0891 e. The van der Waals surface area contributed by atoms with E-state index in [0.717, 1.165) is 12.1 Å². The van der Waals surface area contributed by atoms with Crippen LogP contribution in [0.4, 0.5) is 5.69 Å². The number of aliphatic hydroxyl groups excluding tert-OH is 1. The lowest BCUT2D eigenvalue weighted by Gasteiger charge is -2.17. The number of aromatic nitrogens is 1. The van der Waals surface area contributed by atoms with Crippen LogP contribution < -0.4 is 5.32 Å². The van der Waals surface area contributed by atoms with Crippen molar-refractivity contribution in [1.29, 1.82) is 0 Å². The molecular formula is C23H24N2O. The normalized spacial score (nSPS) is 12.5. The zero-order chi connectivity index (χ0) is 17.9. The summed E-state index contributed by atoms with van der Waals surface area (Å²) in [7, 11) is 0. The Kier molecular flexibility index (Phi) is 4.63. The summed E-state index contributed by atoms with van der Waals surface area (Å²) in [5.41, 5.74) is 4.72. The second-order valence-electron chi connectivity index (χ2n) is 6.69. The summed E-state index contributed by atoms with van der Waals surface area (Å²) < 4.78 is 2.22. The molecule has 0 aliphatic carbocycles. The number of hydrogen-bond donors (Lipinski definition) is 2. The minimum Gasteiger partial charge on any atom is -0.389 e. The maximum absolute atomic E-state index is 10.7. The van der Waals surface area contributed by atoms with Gasteiger partial charge in [0, 0.05) is 34.0 Å². The third-order valence-electron chi connectivity index (χ3n) is 5.00. The molecular weight excluding hydrogens is 320 g/mol. The van der Waals surface area contributed by atoms with Gasteiger partial charge in [0.15, 0.2) is 0 Å². The van der Waals surface area contributed by atoms with Crippen LogP contribution in [-0.2, 0) is 13.0 Å². The lowest BCUT2D eigenvalue weighted by molar-refractivity contribution is 0.169. The molecule has 132 valence electrons. The third kappa shape index (κ3) is 3.06. The van der Waals surface area contributed by atoms with Gasteiger partial charge >= 0.3 is 0 Å². The van der Waals surface area contributed by atoms with Crippen molar-refractivity contribution in [1.82, 2.24) is 4.57 Å². The second kappa shape index (κ2) is 7.22. The summed E-state index contributed by atoms with van der Waals surface area (Å²) in [5.74, 6) is 0. The number of benzene rings is 3. The molecule has 0 unspecified atom stereocenters. The molecule has 0 radical (unpaired) electrons. The molecule has 0 fully saturated rings. The number of aliphatic hydroxyl groups is 1. The van der Waals surface area contributed by atoms with E-state index in [1.807, 2.05) is 6.07 Å². The van der Waals surface area contributed by atoms with E-state index in [-0.39, 0.29) is 0 Å². The van der Waals surface area contributed by atoms with Crippen LogP contribution in [0.5, 0.6) is 0 Å². The molecule has 0 aliphatic rings. The molecule has 3 aromatic carbocycles. The first-order valence-electron chi connectivity index (χ1n) is 9.23. The number of fused-ring (bicyclic) bond motifs is 3. The molecule has 0 saturated heterocycles. The van der Waals surface area contributed by atoms with Crippen molar-refractivity contribution in [2.75, 3.05) is 11.9 Å². The Labute approximate surface area is 153 Å². The molecule has 0 bridgehead atoms. The van der Waals surface area contributed by atoms with Crippen LogP contribution in [0.25, 0.3) is 21.8 Å². The second-order valence-corrected chi connectivity index (χ2v) is 6.69. The Balaban J connectivity index is 1.58. The van der Waals surface area contributed by atoms with Crippen LogP contribution in [0.2, 0.25) is 0 Å². The first-order chi connectivity index (χ1) is 12.8. The van der Waals surface area contributed by atoms with Gasteiger partial charge in [-0.05, 0) is 30.2 Å². The van der Waals surface area contributed by atoms with E-state index in [0.29, 0.717) is 13.1 Å². The molecule has 2 N–H and O–H groups in total. The van der Waals surface area contributed by atoms with Gasteiger partial charge in [-0.25, -0.2) is 0 Å². The molecule has 1 atom stereocenters. The highest BCUT2D eigenvalue weighted by atomic mass is 16.3. The minimum atomic E-state index is -0.473. The van der Waals surface area contributed by atoms with Crippen molar-refractivity contribution in [3.8, 4) is 0 Å². The number of anilines is 1. The molecule has 0 spiro atoms. The van der Waals surface area contributed by atoms with E-state index < -0.39 is 6.10 Å². The average Bonchev–Trinajstić information content (AvgIpc) is 3.01. The van der Waals surface area contributed by atoms with Gasteiger partial charge < -0.3 is 15.0 Å². The van der Waals surface area contributed by atoms with Gasteiger partial charge in [-0.3, -0.25) is 0 Å². The van der Waals surface area contributed by atoms with Gasteiger partial charge in [-0.15, -0.1) is 0 Å². The van der Waals surface area contributed by atoms with E-state index in [9.17, 15) is 5.11 Å². The summed E-state index contributed by atoms with van der Waals surface area (Å²) in [4.78, 5) is 0. The first kappa shape index (κ1) is 16.7. The molecule has 3 nitrogen and oxygen atoms in total. The van der Waals surface area contributed by atoms with Crippen molar-refractivity contribution in [3.63, 3.8) is 0 Å². The van der Waals surface area contributed by atoms with Crippen LogP contribution in [0, 0.1) is 0 Å². The standard InChI is InChI=1S/C23H24N2O/c1-2-17-9-3-6-12-21(17)24-15-18(26)16-25-22-13-7-4-10-19(22)20-11-5-8-14-23(20)25/h3-14,18,24,26H,2,15-16H2,1H3/t18-/m0/s1. The van der Waals surface area contributed by atoms with Crippen molar-refractivity contribution in [2.45, 2.75) is 26.0 Å². The Morgan fingerprint density at radius 3 is 2.08 bits per heavy atom. The van der Waals surface area contributed by atoms with Crippen LogP contribution in [0.1, 0.15) is 12.5 Å². The smallest absolute Gasteiger partial charge is 0.0891 e. The molecule has 0 amide bonds. The van der Waals surface area contributed by atoms with Crippen LogP contribution in [0.3, 0.4) is 0 Å². The Hall–Kier alpha value is -2.78. The van der Waals surface area contributed by atoms with E-state index >= 15 is 0 Å². The van der Waals surface area contributed by atoms with Gasteiger partial charge in [0.2, 0.25) is 0 Å². The molecule has 3 heteroatoms. The summed E-state index contributed by atoms with van der Waals surface area (Å²) in [5, 5.41) is 16.6. The van der Waals surface area contributed by atoms with Crippen molar-refractivity contribution >= 4 is 27.5 Å². The third-order valence-corrected chi connectivity index (χ3v) is 5.00. The minimum absolute atomic E-state index is 0.473. The first-order valence-corrected chi connectivity index (χ1v) is 9.23. The zero-order valence-electron chi connectivity index (χ0n) is 15.0. The van der Waals surface area contributed by atoms with Crippen molar-refractivity contribution < 1.29 is 5.11 Å². The van der Waals surface area contributed by atoms with Crippen LogP contribution in [0.15, 0.2) is 72.8 Å². The van der Waals surface area contributed by atoms with E-state index in [4.69, 9.17) is 0 Å². The summed E-state index contributed by atoms with van der Waals surface area (Å²) >= 11 is 0. The highest BCUT2D eigenvalue weighted by molar-refractivity contribution is 6.07. The van der Waals surface area contributed by atoms with E-state index in [1.165, 1.54) is 27.4 Å². The van der Waals surface area contributed by atoms with E-state index in [2.05, 4.69) is 83.5 Å². The van der Waals surface area contributed by atoms with Gasteiger partial charge in [0.25, 0.3) is 0 Å². The number of nitrogens with zero attached hydrogens (tertiary/aromatic N) is 1. The largest absolute Gasteiger partial charge is 0.389 e. The Bertz CT molecular complexity index is 981. The van der Waals surface area contributed by atoms with Crippen LogP contribution in [-0.4, -0.2) is 22.3 Å². The zero-order valence-corrected chi connectivity index (χ0v) is 15.0. The molecule has 0 aliphatic heterocycles. The fourth-order valence-corrected chi connectivity index (χ4v) is 3.70. The molecule has 1 aromatic heterocycles. The van der Waals surface area contributed by atoms with Gasteiger partial charge in [-0.2, -0.15) is 0 Å². The van der Waals surface area contributed by atoms with Crippen molar-refractivity contribution in [2.24, 2.45) is 0 Å². The molecule has 4 aromatic rings. The number of nitrogens with one attached hydrogen (secondary N) is 1. The maximum atomic E-state index is 10.7. The summed E-state index contributed by atoms with van der Waals surface area (Å²) in [6.07, 6.45) is 0.505. The lowest BCUT2D eigenvalue weighted by Crippen LogP contribution is -2.25. The summed E-state index contributed by atoms with van der Waals surface area (Å²) in [6, 6.07) is 25.1. The summed E-state index contributed by atoms with van der Waals surface area (Å²) in [6.45, 7) is 3.24. The molecule has 1 heterocycles. The number of aryl methyl sites for hydroxylation is 1. The predicted molar refractivity (Wildman–Crippen MR) is 110 cm³/mol. The number of rotatable bonds is 6. The molecule has 0 saturated carbocycles. The predicted octanol–water partition coefficient (Wildman–Crippen LogP) is 4.83. The quantitative estimate of drug-likeness (QED) is 0.526. The average molecular weight is 344 g/mol. The monoisotopic (exact) mass is 344 g/mol. The lowest BCUT2D eigenvalue weighted by atomic mass is 10.1. The fourth-order valence-electron chi connectivity index (χ4n) is 3.70. The van der Waals surface area contributed by atoms with E-state index in [1.54, 1.807) is 0 Å². The van der Waals surface area contributed by atoms with Crippen LogP contribution >= 0.6 is 0 Å². The highest BCUT2D eigenvalue weighted by Gasteiger charge is 2.13. The molecule has 4 rings (SSSR count).